The minimum atomic E-state index is 0.548. The van der Waals surface area contributed by atoms with Crippen LogP contribution in [0, 0.1) is 11.8 Å². The summed E-state index contributed by atoms with van der Waals surface area (Å²) in [6, 6.07) is 8.62. The highest BCUT2D eigenvalue weighted by Gasteiger charge is 2.25. The van der Waals surface area contributed by atoms with Crippen molar-refractivity contribution in [3.8, 4) is 11.1 Å². The number of allylic oxidation sites excluding steroid dienone is 1. The van der Waals surface area contributed by atoms with Crippen molar-refractivity contribution in [3.63, 3.8) is 0 Å². The number of anilines is 1. The Hall–Kier alpha value is -2.66. The predicted molar refractivity (Wildman–Crippen MR) is 132 cm³/mol. The topological polar surface area (TPSA) is 46.0 Å². The van der Waals surface area contributed by atoms with Crippen LogP contribution in [0.2, 0.25) is 0 Å². The van der Waals surface area contributed by atoms with Crippen LogP contribution in [0.1, 0.15) is 44.9 Å². The molecule has 1 N–H and O–H groups in total. The van der Waals surface area contributed by atoms with Gasteiger partial charge in [-0.25, -0.2) is 4.98 Å². The van der Waals surface area contributed by atoms with E-state index in [9.17, 15) is 0 Å². The third-order valence-corrected chi connectivity index (χ3v) is 7.35. The number of nitrogens with one attached hydrogen (secondary N) is 1. The van der Waals surface area contributed by atoms with E-state index in [4.69, 9.17) is 0 Å². The third-order valence-electron chi connectivity index (χ3n) is 7.35. The first kappa shape index (κ1) is 21.2. The molecule has 0 bridgehead atoms. The van der Waals surface area contributed by atoms with Crippen LogP contribution in [0.5, 0.6) is 0 Å². The van der Waals surface area contributed by atoms with Gasteiger partial charge in [-0.2, -0.15) is 5.10 Å². The normalized spacial score (nSPS) is 22.2. The summed E-state index contributed by atoms with van der Waals surface area (Å²) in [5.41, 5.74) is 3.43. The molecule has 1 aliphatic heterocycles. The second-order valence-electron chi connectivity index (χ2n) is 9.76. The Morgan fingerprint density at radius 1 is 1.00 bits per heavy atom. The molecule has 1 saturated heterocycles. The fourth-order valence-corrected chi connectivity index (χ4v) is 5.43. The maximum atomic E-state index is 4.65. The molecule has 3 aromatic rings. The van der Waals surface area contributed by atoms with Crippen LogP contribution < -0.4 is 5.32 Å². The number of aromatic nitrogens is 3. The highest BCUT2D eigenvalue weighted by molar-refractivity contribution is 5.88. The van der Waals surface area contributed by atoms with E-state index in [0.29, 0.717) is 5.92 Å². The van der Waals surface area contributed by atoms with E-state index in [1.54, 1.807) is 0 Å². The summed E-state index contributed by atoms with van der Waals surface area (Å²) in [6.45, 7) is 8.31. The van der Waals surface area contributed by atoms with E-state index >= 15 is 0 Å². The van der Waals surface area contributed by atoms with E-state index in [1.807, 2.05) is 30.3 Å². The first-order valence-electron chi connectivity index (χ1n) is 12.2. The third kappa shape index (κ3) is 4.88. The molecule has 0 atom stereocenters. The van der Waals surface area contributed by atoms with Crippen LogP contribution in [-0.4, -0.2) is 39.3 Å². The highest BCUT2D eigenvalue weighted by Crippen LogP contribution is 2.34. The van der Waals surface area contributed by atoms with Gasteiger partial charge in [-0.05, 0) is 86.5 Å². The van der Waals surface area contributed by atoms with Crippen molar-refractivity contribution in [1.29, 1.82) is 0 Å². The molecule has 1 saturated carbocycles. The number of hydrogen-bond donors (Lipinski definition) is 1. The molecule has 0 unspecified atom stereocenters. The number of pyridine rings is 1. The monoisotopic (exact) mass is 429 g/mol. The summed E-state index contributed by atoms with van der Waals surface area (Å²) >= 11 is 0. The molecule has 2 fully saturated rings. The van der Waals surface area contributed by atoms with E-state index in [0.717, 1.165) is 28.4 Å². The Morgan fingerprint density at radius 3 is 2.56 bits per heavy atom. The predicted octanol–water partition coefficient (Wildman–Crippen LogP) is 5.85. The summed E-state index contributed by atoms with van der Waals surface area (Å²) in [7, 11) is 1.95. The van der Waals surface area contributed by atoms with Crippen molar-refractivity contribution in [3.05, 3.63) is 55.1 Å². The van der Waals surface area contributed by atoms with Gasteiger partial charge in [0.1, 0.15) is 5.82 Å². The number of benzene rings is 1. The van der Waals surface area contributed by atoms with Crippen molar-refractivity contribution >= 4 is 16.6 Å². The molecule has 32 heavy (non-hydrogen) atoms. The molecule has 2 aliphatic rings. The minimum absolute atomic E-state index is 0.548. The molecular weight excluding hydrogens is 394 g/mol. The van der Waals surface area contributed by atoms with Crippen LogP contribution >= 0.6 is 0 Å². The summed E-state index contributed by atoms with van der Waals surface area (Å²) < 4.78 is 1.84. The van der Waals surface area contributed by atoms with Gasteiger partial charge < -0.3 is 10.2 Å². The Morgan fingerprint density at radius 2 is 1.81 bits per heavy atom. The van der Waals surface area contributed by atoms with Crippen molar-refractivity contribution < 1.29 is 0 Å². The lowest BCUT2D eigenvalue weighted by molar-refractivity contribution is 0.165. The zero-order valence-corrected chi connectivity index (χ0v) is 19.3. The van der Waals surface area contributed by atoms with E-state index in [1.165, 1.54) is 75.5 Å². The first-order chi connectivity index (χ1) is 15.6. The first-order valence-corrected chi connectivity index (χ1v) is 12.2. The van der Waals surface area contributed by atoms with Gasteiger partial charge in [-0.3, -0.25) is 4.68 Å². The molecule has 5 rings (SSSR count). The Kier molecular flexibility index (Phi) is 6.26. The van der Waals surface area contributed by atoms with Gasteiger partial charge in [0.15, 0.2) is 0 Å². The SMILES string of the molecule is C=C(Nc1cc2cc(-c3cnn(C)c3)ccc2cn1)C1CCC(CN2CCCCC2)CC1. The summed E-state index contributed by atoms with van der Waals surface area (Å²) in [4.78, 5) is 7.34. The van der Waals surface area contributed by atoms with Crippen LogP contribution in [0.4, 0.5) is 5.82 Å². The van der Waals surface area contributed by atoms with Gasteiger partial charge in [-0.1, -0.05) is 25.1 Å². The smallest absolute Gasteiger partial charge is 0.130 e. The van der Waals surface area contributed by atoms with Gasteiger partial charge in [0.2, 0.25) is 0 Å². The number of piperidine rings is 1. The van der Waals surface area contributed by atoms with Gasteiger partial charge in [0.25, 0.3) is 0 Å². The van der Waals surface area contributed by atoms with Crippen LogP contribution in [-0.2, 0) is 7.05 Å². The lowest BCUT2D eigenvalue weighted by Gasteiger charge is -2.35. The van der Waals surface area contributed by atoms with Crippen molar-refractivity contribution in [2.24, 2.45) is 18.9 Å². The quantitative estimate of drug-likeness (QED) is 0.534. The van der Waals surface area contributed by atoms with Crippen LogP contribution in [0.15, 0.2) is 55.1 Å². The largest absolute Gasteiger partial charge is 0.344 e. The van der Waals surface area contributed by atoms with E-state index in [2.05, 4.69) is 51.1 Å². The molecule has 1 aliphatic carbocycles. The second kappa shape index (κ2) is 9.45. The molecule has 5 nitrogen and oxygen atoms in total. The van der Waals surface area contributed by atoms with Gasteiger partial charge in [-0.15, -0.1) is 0 Å². The molecule has 1 aromatic carbocycles. The van der Waals surface area contributed by atoms with Gasteiger partial charge in [0, 0.05) is 42.6 Å². The molecule has 3 heterocycles. The number of aryl methyl sites for hydroxylation is 1. The molecule has 0 radical (unpaired) electrons. The lowest BCUT2D eigenvalue weighted by Crippen LogP contribution is -2.35. The zero-order valence-electron chi connectivity index (χ0n) is 19.3. The average Bonchev–Trinajstić information content (AvgIpc) is 3.26. The number of likely N-dealkylation sites (tertiary alicyclic amines) is 1. The van der Waals surface area contributed by atoms with Crippen molar-refractivity contribution in [2.75, 3.05) is 25.0 Å². The Labute approximate surface area is 191 Å². The standard InChI is InChI=1S/C27H35N5/c1-20(22-8-6-21(7-9-22)18-32-12-4-3-5-13-32)30-27-15-25-14-23(10-11-24(25)16-28-27)26-17-29-31(2)19-26/h10-11,14-17,19,21-22H,1,3-9,12-13,18H2,2H3,(H,28,30). The van der Waals surface area contributed by atoms with Crippen LogP contribution in [0.3, 0.4) is 0 Å². The van der Waals surface area contributed by atoms with Crippen LogP contribution in [0.25, 0.3) is 21.9 Å². The van der Waals surface area contributed by atoms with Gasteiger partial charge in [0.05, 0.1) is 6.20 Å². The summed E-state index contributed by atoms with van der Waals surface area (Å²) in [5.74, 6) is 2.30. The lowest BCUT2D eigenvalue weighted by atomic mass is 9.80. The molecule has 0 amide bonds. The number of fused-ring (bicyclic) bond motifs is 1. The molecule has 2 aromatic heterocycles. The Balaban J connectivity index is 1.20. The molecule has 0 spiro atoms. The number of nitrogens with zero attached hydrogens (tertiary/aromatic N) is 4. The highest BCUT2D eigenvalue weighted by atomic mass is 15.2. The maximum Gasteiger partial charge on any atom is 0.130 e. The van der Waals surface area contributed by atoms with Crippen molar-refractivity contribution in [2.45, 2.75) is 44.9 Å². The minimum Gasteiger partial charge on any atom is -0.344 e. The fourth-order valence-electron chi connectivity index (χ4n) is 5.43. The zero-order chi connectivity index (χ0) is 21.9. The molecular formula is C27H35N5. The fraction of sp³-hybridized carbons (Fsp3) is 0.481. The average molecular weight is 430 g/mol. The summed E-state index contributed by atoms with van der Waals surface area (Å²) in [5, 5.41) is 10.2. The molecule has 168 valence electrons. The second-order valence-corrected chi connectivity index (χ2v) is 9.76. The Bertz CT molecular complexity index is 1070. The van der Waals surface area contributed by atoms with E-state index in [-0.39, 0.29) is 0 Å². The van der Waals surface area contributed by atoms with E-state index < -0.39 is 0 Å². The van der Waals surface area contributed by atoms with Crippen molar-refractivity contribution in [1.82, 2.24) is 19.7 Å². The summed E-state index contributed by atoms with van der Waals surface area (Å²) in [6.07, 6.45) is 15.2. The van der Waals surface area contributed by atoms with Gasteiger partial charge >= 0.3 is 0 Å². The number of rotatable bonds is 6. The number of hydrogen-bond acceptors (Lipinski definition) is 4. The molecule has 5 heteroatoms. The maximum absolute atomic E-state index is 4.65.